The van der Waals surface area contributed by atoms with E-state index >= 15 is 0 Å². The second-order valence-electron chi connectivity index (χ2n) is 8.51. The van der Waals surface area contributed by atoms with Crippen LogP contribution >= 0.6 is 23.1 Å². The molecule has 0 aliphatic rings. The summed E-state index contributed by atoms with van der Waals surface area (Å²) in [5.41, 5.74) is 7.67. The molecule has 0 aliphatic carbocycles. The lowest BCUT2D eigenvalue weighted by Crippen LogP contribution is -2.11. The van der Waals surface area contributed by atoms with Crippen LogP contribution in [0.5, 0.6) is 5.75 Å². The number of fused-ring (bicyclic) bond motifs is 1. The maximum Gasteiger partial charge on any atom is 0.255 e. The maximum atomic E-state index is 12.7. The number of aryl methyl sites for hydroxylation is 3. The summed E-state index contributed by atoms with van der Waals surface area (Å²) in [4.78, 5) is 17.5. The van der Waals surface area contributed by atoms with E-state index in [-0.39, 0.29) is 5.91 Å². The van der Waals surface area contributed by atoms with Crippen LogP contribution < -0.4 is 10.1 Å². The summed E-state index contributed by atoms with van der Waals surface area (Å²) in [5.74, 6) is 1.56. The molecule has 0 spiro atoms. The van der Waals surface area contributed by atoms with E-state index in [1.165, 1.54) is 22.3 Å². The first-order valence-corrected chi connectivity index (χ1v) is 13.4. The molecule has 1 heterocycles. The van der Waals surface area contributed by atoms with E-state index in [1.54, 1.807) is 35.2 Å². The fraction of sp³-hybridized carbons (Fsp3) is 0.286. The number of rotatable bonds is 9. The normalized spacial score (nSPS) is 11.1. The van der Waals surface area contributed by atoms with Crippen LogP contribution in [-0.4, -0.2) is 17.5 Å². The van der Waals surface area contributed by atoms with Crippen molar-refractivity contribution in [1.29, 1.82) is 0 Å². The Hall–Kier alpha value is -2.83. The van der Waals surface area contributed by atoms with E-state index < -0.39 is 0 Å². The van der Waals surface area contributed by atoms with Gasteiger partial charge in [-0.15, -0.1) is 11.3 Å². The number of unbranched alkanes of at least 4 members (excludes halogenated alkanes) is 1. The van der Waals surface area contributed by atoms with Crippen LogP contribution in [0, 0.1) is 20.8 Å². The van der Waals surface area contributed by atoms with Crippen molar-refractivity contribution >= 4 is 44.9 Å². The lowest BCUT2D eigenvalue weighted by atomic mass is 10.0. The van der Waals surface area contributed by atoms with Gasteiger partial charge in [0.15, 0.2) is 4.34 Å². The van der Waals surface area contributed by atoms with Gasteiger partial charge in [-0.25, -0.2) is 4.98 Å². The third kappa shape index (κ3) is 5.99. The largest absolute Gasteiger partial charge is 0.494 e. The molecule has 3 aromatic carbocycles. The Balaban J connectivity index is 1.40. The van der Waals surface area contributed by atoms with E-state index in [0.717, 1.165) is 44.6 Å². The standard InChI is InChI=1S/C28H30N2O2S2/c1-5-6-13-32-23-10-7-21(8-11-23)27(31)29-22-9-12-25-26(16-22)34-28(30-25)33-17-24-19(3)14-18(2)15-20(24)4/h7-12,14-16H,5-6,13,17H2,1-4H3,(H,29,31). The lowest BCUT2D eigenvalue weighted by molar-refractivity contribution is 0.102. The Morgan fingerprint density at radius 1 is 1.03 bits per heavy atom. The van der Waals surface area contributed by atoms with Gasteiger partial charge in [-0.2, -0.15) is 0 Å². The van der Waals surface area contributed by atoms with Gasteiger partial charge in [0.2, 0.25) is 0 Å². The van der Waals surface area contributed by atoms with Crippen molar-refractivity contribution in [3.05, 3.63) is 82.4 Å². The van der Waals surface area contributed by atoms with Gasteiger partial charge in [-0.3, -0.25) is 4.79 Å². The van der Waals surface area contributed by atoms with Gasteiger partial charge in [0.1, 0.15) is 5.75 Å². The molecule has 1 N–H and O–H groups in total. The Labute approximate surface area is 209 Å². The van der Waals surface area contributed by atoms with E-state index in [4.69, 9.17) is 9.72 Å². The Kier molecular flexibility index (Phi) is 7.91. The lowest BCUT2D eigenvalue weighted by Gasteiger charge is -2.10. The van der Waals surface area contributed by atoms with Crippen LogP contribution in [0.1, 0.15) is 52.4 Å². The Morgan fingerprint density at radius 3 is 2.47 bits per heavy atom. The summed E-state index contributed by atoms with van der Waals surface area (Å²) in [7, 11) is 0. The third-order valence-electron chi connectivity index (χ3n) is 5.69. The number of benzene rings is 3. The van der Waals surface area contributed by atoms with Gasteiger partial charge >= 0.3 is 0 Å². The quantitative estimate of drug-likeness (QED) is 0.191. The molecule has 4 aromatic rings. The zero-order valence-electron chi connectivity index (χ0n) is 20.1. The van der Waals surface area contributed by atoms with Gasteiger partial charge < -0.3 is 10.1 Å². The van der Waals surface area contributed by atoms with E-state index in [0.29, 0.717) is 12.2 Å². The highest BCUT2D eigenvalue weighted by atomic mass is 32.2. The number of nitrogens with one attached hydrogen (secondary N) is 1. The van der Waals surface area contributed by atoms with Crippen LogP contribution in [0.2, 0.25) is 0 Å². The second-order valence-corrected chi connectivity index (χ2v) is 10.8. The van der Waals surface area contributed by atoms with Crippen molar-refractivity contribution in [2.45, 2.75) is 50.6 Å². The topological polar surface area (TPSA) is 51.2 Å². The maximum absolute atomic E-state index is 12.7. The summed E-state index contributed by atoms with van der Waals surface area (Å²) in [5, 5.41) is 3.00. The molecule has 0 atom stereocenters. The fourth-order valence-corrected chi connectivity index (χ4v) is 6.16. The number of hydrogen-bond donors (Lipinski definition) is 1. The van der Waals surface area contributed by atoms with Crippen LogP contribution in [-0.2, 0) is 5.75 Å². The summed E-state index contributed by atoms with van der Waals surface area (Å²) in [6, 6.07) is 17.6. The van der Waals surface area contributed by atoms with E-state index in [1.807, 2.05) is 30.3 Å². The van der Waals surface area contributed by atoms with Gasteiger partial charge in [0.25, 0.3) is 5.91 Å². The van der Waals surface area contributed by atoms with E-state index in [9.17, 15) is 4.79 Å². The first-order valence-electron chi connectivity index (χ1n) is 11.6. The number of aromatic nitrogens is 1. The first kappa shape index (κ1) is 24.3. The molecular weight excluding hydrogens is 460 g/mol. The average molecular weight is 491 g/mol. The Bertz CT molecular complexity index is 1270. The summed E-state index contributed by atoms with van der Waals surface area (Å²) in [6.07, 6.45) is 2.12. The van der Waals surface area contributed by atoms with E-state index in [2.05, 4.69) is 45.1 Å². The molecule has 0 saturated heterocycles. The molecule has 1 amide bonds. The number of nitrogens with zero attached hydrogens (tertiary/aromatic N) is 1. The Morgan fingerprint density at radius 2 is 1.76 bits per heavy atom. The molecule has 0 unspecified atom stereocenters. The highest BCUT2D eigenvalue weighted by Crippen LogP contribution is 2.34. The van der Waals surface area contributed by atoms with Crippen molar-refractivity contribution in [2.24, 2.45) is 0 Å². The zero-order valence-corrected chi connectivity index (χ0v) is 21.7. The minimum atomic E-state index is -0.135. The zero-order chi connectivity index (χ0) is 24.1. The van der Waals surface area contributed by atoms with Crippen molar-refractivity contribution in [3.63, 3.8) is 0 Å². The van der Waals surface area contributed by atoms with Gasteiger partial charge in [-0.05, 0) is 86.3 Å². The molecule has 0 radical (unpaired) electrons. The van der Waals surface area contributed by atoms with Gasteiger partial charge in [0.05, 0.1) is 16.8 Å². The minimum Gasteiger partial charge on any atom is -0.494 e. The van der Waals surface area contributed by atoms with Gasteiger partial charge in [0, 0.05) is 17.0 Å². The molecule has 0 bridgehead atoms. The third-order valence-corrected chi connectivity index (χ3v) is 7.88. The molecule has 1 aromatic heterocycles. The van der Waals surface area contributed by atoms with Crippen molar-refractivity contribution in [1.82, 2.24) is 4.98 Å². The number of carbonyl (C=O) groups is 1. The molecule has 0 fully saturated rings. The molecule has 34 heavy (non-hydrogen) atoms. The highest BCUT2D eigenvalue weighted by molar-refractivity contribution is 8.00. The average Bonchev–Trinajstić information content (AvgIpc) is 3.21. The first-order chi connectivity index (χ1) is 16.4. The SMILES string of the molecule is CCCCOc1ccc(C(=O)Nc2ccc3nc(SCc4c(C)cc(C)cc4C)sc3c2)cc1. The number of amides is 1. The molecular formula is C28H30N2O2S2. The highest BCUT2D eigenvalue weighted by Gasteiger charge is 2.11. The number of hydrogen-bond acceptors (Lipinski definition) is 5. The molecule has 6 heteroatoms. The molecule has 0 saturated carbocycles. The number of thioether (sulfide) groups is 1. The van der Waals surface area contributed by atoms with Crippen LogP contribution in [0.4, 0.5) is 5.69 Å². The van der Waals surface area contributed by atoms with Gasteiger partial charge in [-0.1, -0.05) is 42.8 Å². The summed E-state index contributed by atoms with van der Waals surface area (Å²) in [6.45, 7) is 9.32. The molecule has 4 rings (SSSR count). The molecule has 176 valence electrons. The van der Waals surface area contributed by atoms with Crippen molar-refractivity contribution < 1.29 is 9.53 Å². The number of anilines is 1. The predicted octanol–water partition coefficient (Wildman–Crippen LogP) is 7.95. The fourth-order valence-electron chi connectivity index (χ4n) is 3.85. The second kappa shape index (κ2) is 11.1. The summed E-state index contributed by atoms with van der Waals surface area (Å²) < 4.78 is 7.78. The number of ether oxygens (including phenoxy) is 1. The smallest absolute Gasteiger partial charge is 0.255 e. The molecule has 4 nitrogen and oxygen atoms in total. The monoisotopic (exact) mass is 490 g/mol. The minimum absolute atomic E-state index is 0.135. The van der Waals surface area contributed by atoms with Crippen LogP contribution in [0.3, 0.4) is 0 Å². The van der Waals surface area contributed by atoms with Crippen molar-refractivity contribution in [2.75, 3.05) is 11.9 Å². The molecule has 0 aliphatic heterocycles. The number of carbonyl (C=O) groups excluding carboxylic acids is 1. The van der Waals surface area contributed by atoms with Crippen LogP contribution in [0.25, 0.3) is 10.2 Å². The number of thiazole rings is 1. The predicted molar refractivity (Wildman–Crippen MR) is 145 cm³/mol. The van der Waals surface area contributed by atoms with Crippen LogP contribution in [0.15, 0.2) is 58.9 Å². The summed E-state index contributed by atoms with van der Waals surface area (Å²) >= 11 is 3.43. The van der Waals surface area contributed by atoms with Crippen molar-refractivity contribution in [3.8, 4) is 5.75 Å².